The summed E-state index contributed by atoms with van der Waals surface area (Å²) in [6, 6.07) is 2.17. The Bertz CT molecular complexity index is 274. The molecule has 14 heavy (non-hydrogen) atoms. The number of nitriles is 1. The number of nitrogens with zero attached hydrogens (tertiary/aromatic N) is 3. The van der Waals surface area contributed by atoms with Crippen LogP contribution in [0.25, 0.3) is 0 Å². The smallest absolute Gasteiger partial charge is 0.321 e. The summed E-state index contributed by atoms with van der Waals surface area (Å²) in [4.78, 5) is 15.0. The van der Waals surface area contributed by atoms with Crippen molar-refractivity contribution in [2.75, 3.05) is 20.1 Å². The first-order valence-corrected chi connectivity index (χ1v) is 4.76. The van der Waals surface area contributed by atoms with Crippen molar-refractivity contribution in [1.82, 2.24) is 9.80 Å². The maximum absolute atomic E-state index is 11.7. The maximum Gasteiger partial charge on any atom is 0.321 e. The van der Waals surface area contributed by atoms with E-state index in [4.69, 9.17) is 5.26 Å². The monoisotopic (exact) mass is 195 g/mol. The molecule has 1 unspecified atom stereocenters. The zero-order valence-electron chi connectivity index (χ0n) is 9.24. The first kappa shape index (κ1) is 10.8. The Morgan fingerprint density at radius 3 is 2.50 bits per heavy atom. The van der Waals surface area contributed by atoms with Gasteiger partial charge in [0.2, 0.25) is 0 Å². The van der Waals surface area contributed by atoms with E-state index in [9.17, 15) is 4.79 Å². The Morgan fingerprint density at radius 1 is 1.57 bits per heavy atom. The molecule has 0 aliphatic carbocycles. The fraction of sp³-hybridized carbons (Fsp3) is 0.800. The van der Waals surface area contributed by atoms with E-state index in [0.717, 1.165) is 0 Å². The van der Waals surface area contributed by atoms with Gasteiger partial charge in [-0.15, -0.1) is 0 Å². The van der Waals surface area contributed by atoms with Gasteiger partial charge in [0.1, 0.15) is 6.54 Å². The van der Waals surface area contributed by atoms with Gasteiger partial charge in [-0.05, 0) is 5.41 Å². The van der Waals surface area contributed by atoms with Crippen LogP contribution in [0.4, 0.5) is 4.79 Å². The molecule has 0 saturated carbocycles. The second-order valence-electron chi connectivity index (χ2n) is 4.81. The lowest BCUT2D eigenvalue weighted by Crippen LogP contribution is -2.39. The summed E-state index contributed by atoms with van der Waals surface area (Å²) in [5.74, 6) is 0. The van der Waals surface area contributed by atoms with E-state index in [2.05, 4.69) is 20.8 Å². The van der Waals surface area contributed by atoms with Crippen LogP contribution in [-0.2, 0) is 0 Å². The van der Waals surface area contributed by atoms with Crippen molar-refractivity contribution in [3.63, 3.8) is 0 Å². The molecule has 4 heteroatoms. The number of likely N-dealkylation sites (N-methyl/N-ethyl adjacent to an activating group) is 1. The second-order valence-corrected chi connectivity index (χ2v) is 4.81. The largest absolute Gasteiger partial charge is 0.322 e. The minimum absolute atomic E-state index is 0.0357. The van der Waals surface area contributed by atoms with Gasteiger partial charge in [0.15, 0.2) is 0 Å². The molecule has 0 bridgehead atoms. The Balaban J connectivity index is 2.78. The van der Waals surface area contributed by atoms with Crippen LogP contribution in [0.2, 0.25) is 0 Å². The summed E-state index contributed by atoms with van der Waals surface area (Å²) < 4.78 is 0. The molecule has 0 radical (unpaired) electrons. The van der Waals surface area contributed by atoms with Crippen LogP contribution in [0.1, 0.15) is 20.8 Å². The Morgan fingerprint density at radius 2 is 2.14 bits per heavy atom. The van der Waals surface area contributed by atoms with Crippen molar-refractivity contribution in [2.24, 2.45) is 5.41 Å². The van der Waals surface area contributed by atoms with Gasteiger partial charge < -0.3 is 9.80 Å². The van der Waals surface area contributed by atoms with Crippen LogP contribution in [0.3, 0.4) is 0 Å². The minimum atomic E-state index is -0.0357. The number of carbonyl (C=O) groups excluding carboxylic acids is 1. The first-order valence-electron chi connectivity index (χ1n) is 4.76. The number of amides is 2. The van der Waals surface area contributed by atoms with E-state index < -0.39 is 0 Å². The SMILES string of the molecule is CN1C(=O)N(CC#N)CC1C(C)(C)C. The third-order valence-electron chi connectivity index (χ3n) is 2.69. The molecule has 0 N–H and O–H groups in total. The summed E-state index contributed by atoms with van der Waals surface area (Å²) >= 11 is 0. The molecule has 1 heterocycles. The molecule has 1 aliphatic rings. The predicted molar refractivity (Wildman–Crippen MR) is 53.6 cm³/mol. The first-order chi connectivity index (χ1) is 6.38. The molecule has 1 aliphatic heterocycles. The van der Waals surface area contributed by atoms with Crippen LogP contribution >= 0.6 is 0 Å². The minimum Gasteiger partial charge on any atom is -0.322 e. The van der Waals surface area contributed by atoms with Crippen LogP contribution in [0.5, 0.6) is 0 Å². The molecular weight excluding hydrogens is 178 g/mol. The highest BCUT2D eigenvalue weighted by Crippen LogP contribution is 2.29. The molecular formula is C10H17N3O. The quantitative estimate of drug-likeness (QED) is 0.592. The molecule has 1 fully saturated rings. The molecule has 4 nitrogen and oxygen atoms in total. The summed E-state index contributed by atoms with van der Waals surface area (Å²) in [5.41, 5.74) is 0.0641. The highest BCUT2D eigenvalue weighted by Gasteiger charge is 2.40. The van der Waals surface area contributed by atoms with Crippen molar-refractivity contribution < 1.29 is 4.79 Å². The number of hydrogen-bond acceptors (Lipinski definition) is 2. The average molecular weight is 195 g/mol. The molecule has 0 spiro atoms. The van der Waals surface area contributed by atoms with Gasteiger partial charge in [0, 0.05) is 13.6 Å². The molecule has 1 atom stereocenters. The maximum atomic E-state index is 11.7. The Kier molecular flexibility index (Phi) is 2.70. The number of carbonyl (C=O) groups is 1. The molecule has 0 aromatic carbocycles. The van der Waals surface area contributed by atoms with Gasteiger partial charge in [-0.2, -0.15) is 5.26 Å². The lowest BCUT2D eigenvalue weighted by atomic mass is 9.86. The van der Waals surface area contributed by atoms with Crippen molar-refractivity contribution in [3.05, 3.63) is 0 Å². The van der Waals surface area contributed by atoms with Crippen molar-refractivity contribution in [1.29, 1.82) is 5.26 Å². The van der Waals surface area contributed by atoms with Crippen LogP contribution in [-0.4, -0.2) is 42.0 Å². The number of rotatable bonds is 1. The van der Waals surface area contributed by atoms with Gasteiger partial charge in [0.25, 0.3) is 0 Å². The van der Waals surface area contributed by atoms with Gasteiger partial charge in [-0.25, -0.2) is 4.79 Å². The van der Waals surface area contributed by atoms with Crippen LogP contribution < -0.4 is 0 Å². The lowest BCUT2D eigenvalue weighted by molar-refractivity contribution is 0.173. The summed E-state index contributed by atoms with van der Waals surface area (Å²) in [5, 5.41) is 8.56. The normalized spacial score (nSPS) is 22.8. The van der Waals surface area contributed by atoms with E-state index in [1.54, 1.807) is 16.8 Å². The van der Waals surface area contributed by atoms with Crippen molar-refractivity contribution in [2.45, 2.75) is 26.8 Å². The van der Waals surface area contributed by atoms with Gasteiger partial charge in [0.05, 0.1) is 12.1 Å². The topological polar surface area (TPSA) is 47.3 Å². The molecule has 1 saturated heterocycles. The van der Waals surface area contributed by atoms with Crippen molar-refractivity contribution in [3.8, 4) is 6.07 Å². The fourth-order valence-corrected chi connectivity index (χ4v) is 1.84. The van der Waals surface area contributed by atoms with E-state index in [1.165, 1.54) is 0 Å². The van der Waals surface area contributed by atoms with Crippen LogP contribution in [0.15, 0.2) is 0 Å². The van der Waals surface area contributed by atoms with Gasteiger partial charge in [-0.1, -0.05) is 20.8 Å². The second kappa shape index (κ2) is 3.49. The Hall–Kier alpha value is -1.24. The molecule has 0 aromatic rings. The lowest BCUT2D eigenvalue weighted by Gasteiger charge is -2.30. The van der Waals surface area contributed by atoms with E-state index in [1.807, 2.05) is 6.07 Å². The molecule has 1 rings (SSSR count). The number of urea groups is 1. The predicted octanol–water partition coefficient (Wildman–Crippen LogP) is 1.29. The van der Waals surface area contributed by atoms with E-state index in [-0.39, 0.29) is 24.0 Å². The molecule has 0 aromatic heterocycles. The highest BCUT2D eigenvalue weighted by atomic mass is 16.2. The van der Waals surface area contributed by atoms with Gasteiger partial charge >= 0.3 is 6.03 Å². The summed E-state index contributed by atoms with van der Waals surface area (Å²) in [6.45, 7) is 7.17. The highest BCUT2D eigenvalue weighted by molar-refractivity contribution is 5.77. The molecule has 2 amide bonds. The third-order valence-corrected chi connectivity index (χ3v) is 2.69. The third kappa shape index (κ3) is 1.82. The van der Waals surface area contributed by atoms with Crippen LogP contribution in [0, 0.1) is 16.7 Å². The molecule has 78 valence electrons. The van der Waals surface area contributed by atoms with Crippen molar-refractivity contribution >= 4 is 6.03 Å². The van der Waals surface area contributed by atoms with E-state index >= 15 is 0 Å². The Labute approximate surface area is 85.1 Å². The zero-order chi connectivity index (χ0) is 10.9. The zero-order valence-corrected chi connectivity index (χ0v) is 9.24. The average Bonchev–Trinajstić information content (AvgIpc) is 2.32. The van der Waals surface area contributed by atoms with E-state index in [0.29, 0.717) is 6.54 Å². The fourth-order valence-electron chi connectivity index (χ4n) is 1.84. The number of hydrogen-bond donors (Lipinski definition) is 0. The standard InChI is InChI=1S/C10H17N3O/c1-10(2,3)8-7-13(6-5-11)9(14)12(8)4/h8H,6-7H2,1-4H3. The summed E-state index contributed by atoms with van der Waals surface area (Å²) in [7, 11) is 1.80. The van der Waals surface area contributed by atoms with Gasteiger partial charge in [-0.3, -0.25) is 0 Å². The summed E-state index contributed by atoms with van der Waals surface area (Å²) in [6.07, 6.45) is 0.